The van der Waals surface area contributed by atoms with Gasteiger partial charge in [0.1, 0.15) is 11.5 Å². The van der Waals surface area contributed by atoms with Gasteiger partial charge in [0.2, 0.25) is 0 Å². The van der Waals surface area contributed by atoms with E-state index in [2.05, 4.69) is 27.9 Å². The van der Waals surface area contributed by atoms with Crippen LogP contribution in [0.2, 0.25) is 0 Å². The van der Waals surface area contributed by atoms with Crippen molar-refractivity contribution in [3.8, 4) is 22.9 Å². The lowest BCUT2D eigenvalue weighted by molar-refractivity contribution is 0.0808. The third-order valence-electron chi connectivity index (χ3n) is 6.05. The molecule has 0 amide bonds. The molecule has 4 rings (SSSR count). The summed E-state index contributed by atoms with van der Waals surface area (Å²) in [6, 6.07) is 13.5. The van der Waals surface area contributed by atoms with E-state index >= 15 is 0 Å². The first kappa shape index (κ1) is 22.0. The normalized spacial score (nSPS) is 16.5. The Balaban J connectivity index is 1.43. The average Bonchev–Trinajstić information content (AvgIpc) is 2.84. The van der Waals surface area contributed by atoms with Gasteiger partial charge in [0, 0.05) is 48.6 Å². The molecule has 1 atom stereocenters. The molecule has 166 valence electrons. The number of hydrogen-bond donors (Lipinski definition) is 0. The second kappa shape index (κ2) is 9.92. The van der Waals surface area contributed by atoms with Crippen LogP contribution in [0.4, 0.5) is 0 Å². The van der Waals surface area contributed by atoms with Crippen molar-refractivity contribution in [3.63, 3.8) is 0 Å². The maximum absolute atomic E-state index is 13.2. The number of ether oxygens (including phenoxy) is 2. The highest BCUT2D eigenvalue weighted by atomic mass is 16.5. The summed E-state index contributed by atoms with van der Waals surface area (Å²) in [7, 11) is 3.19. The quantitative estimate of drug-likeness (QED) is 0.511. The van der Waals surface area contributed by atoms with Gasteiger partial charge in [0.05, 0.1) is 19.8 Å². The molecule has 6 nitrogen and oxygen atoms in total. The number of carbonyl (C=O) groups excluding carboxylic acids is 1. The summed E-state index contributed by atoms with van der Waals surface area (Å²) in [6.07, 6.45) is 5.66. The van der Waals surface area contributed by atoms with Crippen LogP contribution >= 0.6 is 0 Å². The molecular weight excluding hydrogens is 402 g/mol. The minimum Gasteiger partial charge on any atom is -0.497 e. The smallest absolute Gasteiger partial charge is 0.170 e. The molecule has 1 aliphatic rings. The second-order valence-corrected chi connectivity index (χ2v) is 8.23. The number of nitrogens with zero attached hydrogens (tertiary/aromatic N) is 3. The van der Waals surface area contributed by atoms with Crippen LogP contribution in [0.1, 0.15) is 34.3 Å². The summed E-state index contributed by atoms with van der Waals surface area (Å²) in [5.41, 5.74) is 3.88. The molecule has 0 aliphatic carbocycles. The Morgan fingerprint density at radius 2 is 1.88 bits per heavy atom. The lowest BCUT2D eigenvalue weighted by Gasteiger charge is -2.32. The van der Waals surface area contributed by atoms with Crippen LogP contribution < -0.4 is 9.47 Å². The monoisotopic (exact) mass is 431 g/mol. The minimum absolute atomic E-state index is 0.0572. The van der Waals surface area contributed by atoms with Crippen molar-refractivity contribution >= 4 is 5.78 Å². The van der Waals surface area contributed by atoms with Crippen LogP contribution in [0.15, 0.2) is 54.9 Å². The predicted molar refractivity (Wildman–Crippen MR) is 124 cm³/mol. The molecule has 0 bridgehead atoms. The predicted octanol–water partition coefficient (Wildman–Crippen LogP) is 4.56. The zero-order chi connectivity index (χ0) is 22.5. The number of aryl methyl sites for hydroxylation is 1. The summed E-state index contributed by atoms with van der Waals surface area (Å²) in [6.45, 7) is 4.48. The first-order valence-corrected chi connectivity index (χ1v) is 10.9. The molecule has 0 unspecified atom stereocenters. The van der Waals surface area contributed by atoms with Gasteiger partial charge in [-0.25, -0.2) is 9.97 Å². The van der Waals surface area contributed by atoms with Gasteiger partial charge in [-0.3, -0.25) is 9.69 Å². The molecule has 1 aromatic heterocycles. The molecule has 2 aromatic carbocycles. The van der Waals surface area contributed by atoms with E-state index in [1.165, 1.54) is 0 Å². The Bertz CT molecular complexity index is 1080. The number of piperidine rings is 1. The summed E-state index contributed by atoms with van der Waals surface area (Å²) >= 11 is 0. The van der Waals surface area contributed by atoms with Crippen LogP contribution in [0.3, 0.4) is 0 Å². The Hall–Kier alpha value is -3.25. The second-order valence-electron chi connectivity index (χ2n) is 8.23. The van der Waals surface area contributed by atoms with E-state index in [4.69, 9.17) is 9.47 Å². The number of benzene rings is 2. The van der Waals surface area contributed by atoms with E-state index in [0.717, 1.165) is 48.4 Å². The van der Waals surface area contributed by atoms with E-state index in [9.17, 15) is 4.79 Å². The molecule has 1 saturated heterocycles. The highest BCUT2D eigenvalue weighted by molar-refractivity contribution is 6.00. The molecule has 32 heavy (non-hydrogen) atoms. The third kappa shape index (κ3) is 4.81. The fourth-order valence-electron chi connectivity index (χ4n) is 4.29. The minimum atomic E-state index is -0.0572. The van der Waals surface area contributed by atoms with Gasteiger partial charge in [-0.2, -0.15) is 0 Å². The molecular formula is C26H29N3O3. The van der Waals surface area contributed by atoms with Crippen LogP contribution in [0.5, 0.6) is 11.5 Å². The SMILES string of the molecule is COc1ccc(C(=O)[C@H]2CCCN(Cc3cnc(-c4ccccc4C)nc3)C2)c(OC)c1. The Morgan fingerprint density at radius 1 is 1.09 bits per heavy atom. The number of carbonyl (C=O) groups is 1. The van der Waals surface area contributed by atoms with Gasteiger partial charge in [-0.05, 0) is 44.0 Å². The highest BCUT2D eigenvalue weighted by Crippen LogP contribution is 2.30. The first-order chi connectivity index (χ1) is 15.6. The van der Waals surface area contributed by atoms with Crippen molar-refractivity contribution in [2.24, 2.45) is 5.92 Å². The molecule has 0 saturated carbocycles. The molecule has 3 aromatic rings. The van der Waals surface area contributed by atoms with Crippen molar-refractivity contribution < 1.29 is 14.3 Å². The summed E-state index contributed by atoms with van der Waals surface area (Å²) in [4.78, 5) is 24.7. The van der Waals surface area contributed by atoms with Gasteiger partial charge in [-0.15, -0.1) is 0 Å². The maximum atomic E-state index is 13.2. The first-order valence-electron chi connectivity index (χ1n) is 10.9. The molecule has 6 heteroatoms. The summed E-state index contributed by atoms with van der Waals surface area (Å²) < 4.78 is 10.7. The van der Waals surface area contributed by atoms with Crippen LogP contribution in [0.25, 0.3) is 11.4 Å². The summed E-state index contributed by atoms with van der Waals surface area (Å²) in [5, 5.41) is 0. The molecule has 0 N–H and O–H groups in total. The molecule has 2 heterocycles. The fourth-order valence-corrected chi connectivity index (χ4v) is 4.29. The van der Waals surface area contributed by atoms with Crippen LogP contribution in [-0.2, 0) is 6.54 Å². The number of aromatic nitrogens is 2. The van der Waals surface area contributed by atoms with Gasteiger partial charge < -0.3 is 9.47 Å². The Morgan fingerprint density at radius 3 is 2.59 bits per heavy atom. The molecule has 1 aliphatic heterocycles. The summed E-state index contributed by atoms with van der Waals surface area (Å²) in [5.74, 6) is 2.05. The highest BCUT2D eigenvalue weighted by Gasteiger charge is 2.28. The average molecular weight is 432 g/mol. The van der Waals surface area contributed by atoms with Gasteiger partial charge in [0.25, 0.3) is 0 Å². The topological polar surface area (TPSA) is 64.5 Å². The van der Waals surface area contributed by atoms with E-state index < -0.39 is 0 Å². The molecule has 1 fully saturated rings. The number of ketones is 1. The van der Waals surface area contributed by atoms with E-state index in [-0.39, 0.29) is 11.7 Å². The lowest BCUT2D eigenvalue weighted by atomic mass is 9.89. The van der Waals surface area contributed by atoms with Crippen molar-refractivity contribution in [2.45, 2.75) is 26.3 Å². The van der Waals surface area contributed by atoms with Gasteiger partial charge in [-0.1, -0.05) is 24.3 Å². The van der Waals surface area contributed by atoms with E-state index in [0.29, 0.717) is 23.6 Å². The number of likely N-dealkylation sites (tertiary alicyclic amines) is 1. The maximum Gasteiger partial charge on any atom is 0.170 e. The standard InChI is InChI=1S/C26H29N3O3/c1-18-7-4-5-9-22(18)26-27-14-19(15-28-26)16-29-12-6-8-20(17-29)25(30)23-11-10-21(31-2)13-24(23)32-3/h4-5,7,9-11,13-15,20H,6,8,12,16-17H2,1-3H3/t20-/m0/s1. The Labute approximate surface area is 189 Å². The van der Waals surface area contributed by atoms with E-state index in [1.807, 2.05) is 36.7 Å². The Kier molecular flexibility index (Phi) is 6.81. The van der Waals surface area contributed by atoms with Crippen LogP contribution in [-0.4, -0.2) is 48.0 Å². The number of methoxy groups -OCH3 is 2. The van der Waals surface area contributed by atoms with Gasteiger partial charge >= 0.3 is 0 Å². The van der Waals surface area contributed by atoms with Crippen molar-refractivity contribution in [3.05, 3.63) is 71.5 Å². The third-order valence-corrected chi connectivity index (χ3v) is 6.05. The molecule has 0 radical (unpaired) electrons. The number of rotatable bonds is 7. The van der Waals surface area contributed by atoms with Crippen molar-refractivity contribution in [1.29, 1.82) is 0 Å². The van der Waals surface area contributed by atoms with Crippen molar-refractivity contribution in [1.82, 2.24) is 14.9 Å². The lowest BCUT2D eigenvalue weighted by Crippen LogP contribution is -2.38. The van der Waals surface area contributed by atoms with Crippen molar-refractivity contribution in [2.75, 3.05) is 27.3 Å². The fraction of sp³-hybridized carbons (Fsp3) is 0.346. The zero-order valence-electron chi connectivity index (χ0n) is 18.9. The number of Topliss-reactive ketones (excluding diaryl/α,β-unsaturated/α-hetero) is 1. The molecule has 0 spiro atoms. The van der Waals surface area contributed by atoms with Crippen LogP contribution in [0, 0.1) is 12.8 Å². The van der Waals surface area contributed by atoms with E-state index in [1.54, 1.807) is 26.4 Å². The number of hydrogen-bond acceptors (Lipinski definition) is 6. The largest absolute Gasteiger partial charge is 0.497 e. The van der Waals surface area contributed by atoms with Gasteiger partial charge in [0.15, 0.2) is 11.6 Å². The zero-order valence-corrected chi connectivity index (χ0v) is 18.9.